The van der Waals surface area contributed by atoms with Crippen molar-refractivity contribution in [2.75, 3.05) is 6.54 Å². The van der Waals surface area contributed by atoms with Crippen molar-refractivity contribution in [2.24, 2.45) is 17.8 Å². The molecule has 1 aromatic rings. The third-order valence-electron chi connectivity index (χ3n) is 4.15. The molecule has 20 heavy (non-hydrogen) atoms. The molecule has 2 saturated carbocycles. The lowest BCUT2D eigenvalue weighted by Gasteiger charge is -2.17. The summed E-state index contributed by atoms with van der Waals surface area (Å²) in [5.41, 5.74) is 0. The van der Waals surface area contributed by atoms with Crippen molar-refractivity contribution in [3.8, 4) is 0 Å². The monoisotopic (exact) mass is 421 g/mol. The Balaban J connectivity index is 1.73. The van der Waals surface area contributed by atoms with Gasteiger partial charge in [0.25, 0.3) is 0 Å². The summed E-state index contributed by atoms with van der Waals surface area (Å²) in [5, 5.41) is 0. The summed E-state index contributed by atoms with van der Waals surface area (Å²) in [6.45, 7) is 0.580. The highest BCUT2D eigenvalue weighted by atomic mass is 79.9. The maximum Gasteiger partial charge on any atom is 0.241 e. The molecule has 0 aliphatic heterocycles. The highest BCUT2D eigenvalue weighted by Gasteiger charge is 2.41. The summed E-state index contributed by atoms with van der Waals surface area (Å²) in [4.78, 5) is 0.303. The van der Waals surface area contributed by atoms with Crippen LogP contribution in [0, 0.1) is 17.8 Å². The Hall–Kier alpha value is 0.0900. The van der Waals surface area contributed by atoms with Crippen LogP contribution in [0.5, 0.6) is 0 Å². The van der Waals surface area contributed by atoms with Crippen LogP contribution < -0.4 is 4.72 Å². The van der Waals surface area contributed by atoms with E-state index in [4.69, 9.17) is 0 Å². The molecule has 3 nitrogen and oxygen atoms in total. The first-order valence-electron chi connectivity index (χ1n) is 6.92. The van der Waals surface area contributed by atoms with Crippen molar-refractivity contribution in [1.82, 2.24) is 4.72 Å². The van der Waals surface area contributed by atoms with Crippen LogP contribution in [0.25, 0.3) is 0 Å². The number of hydrogen-bond acceptors (Lipinski definition) is 2. The summed E-state index contributed by atoms with van der Waals surface area (Å²) >= 11 is 6.64. The fraction of sp³-hybridized carbons (Fsp3) is 0.571. The molecule has 0 bridgehead atoms. The van der Waals surface area contributed by atoms with E-state index in [1.54, 1.807) is 12.1 Å². The van der Waals surface area contributed by atoms with Gasteiger partial charge in [0.15, 0.2) is 0 Å². The maximum absolute atomic E-state index is 12.4. The van der Waals surface area contributed by atoms with Crippen molar-refractivity contribution in [2.45, 2.75) is 30.6 Å². The second-order valence-electron chi connectivity index (χ2n) is 5.77. The molecule has 3 rings (SSSR count). The lowest BCUT2D eigenvalue weighted by Crippen LogP contribution is -2.31. The van der Waals surface area contributed by atoms with E-state index in [1.165, 1.54) is 25.7 Å². The van der Waals surface area contributed by atoms with Crippen LogP contribution in [-0.2, 0) is 10.0 Å². The fourth-order valence-electron chi connectivity index (χ4n) is 2.73. The van der Waals surface area contributed by atoms with Gasteiger partial charge in [0.2, 0.25) is 10.0 Å². The minimum absolute atomic E-state index is 0.303. The van der Waals surface area contributed by atoms with Crippen molar-refractivity contribution < 1.29 is 8.42 Å². The van der Waals surface area contributed by atoms with Crippen LogP contribution in [0.15, 0.2) is 32.0 Å². The van der Waals surface area contributed by atoms with E-state index in [-0.39, 0.29) is 0 Å². The third-order valence-corrected chi connectivity index (χ3v) is 7.06. The van der Waals surface area contributed by atoms with Gasteiger partial charge in [-0.15, -0.1) is 0 Å². The average Bonchev–Trinajstić information content (AvgIpc) is 3.25. The number of rotatable bonds is 6. The SMILES string of the molecule is O=S(=O)(NCC(C1CC1)C1CC1)c1cc(Br)ccc1Br. The van der Waals surface area contributed by atoms with Gasteiger partial charge in [-0.2, -0.15) is 0 Å². The van der Waals surface area contributed by atoms with Gasteiger partial charge in [0.1, 0.15) is 0 Å². The van der Waals surface area contributed by atoms with E-state index < -0.39 is 10.0 Å². The topological polar surface area (TPSA) is 46.2 Å². The fourth-order valence-corrected chi connectivity index (χ4v) is 5.31. The Morgan fingerprint density at radius 1 is 1.15 bits per heavy atom. The van der Waals surface area contributed by atoms with Crippen LogP contribution in [-0.4, -0.2) is 15.0 Å². The van der Waals surface area contributed by atoms with Gasteiger partial charge in [-0.3, -0.25) is 0 Å². The van der Waals surface area contributed by atoms with Crippen LogP contribution in [0.1, 0.15) is 25.7 Å². The molecule has 2 aliphatic carbocycles. The molecule has 110 valence electrons. The molecule has 2 aliphatic rings. The summed E-state index contributed by atoms with van der Waals surface area (Å²) in [5.74, 6) is 2.03. The highest BCUT2D eigenvalue weighted by Crippen LogP contribution is 2.48. The molecular weight excluding hydrogens is 406 g/mol. The molecule has 0 radical (unpaired) electrons. The Kier molecular flexibility index (Phi) is 4.28. The Morgan fingerprint density at radius 2 is 1.75 bits per heavy atom. The van der Waals surface area contributed by atoms with Crippen molar-refractivity contribution in [3.63, 3.8) is 0 Å². The standard InChI is InChI=1S/C14H17Br2NO2S/c15-11-5-6-13(16)14(7-11)20(18,19)17-8-12(9-1-2-9)10-3-4-10/h5-7,9-10,12,17H,1-4,8H2. The first-order valence-corrected chi connectivity index (χ1v) is 9.99. The summed E-state index contributed by atoms with van der Waals surface area (Å²) in [6, 6.07) is 5.20. The van der Waals surface area contributed by atoms with E-state index in [2.05, 4.69) is 36.6 Å². The lowest BCUT2D eigenvalue weighted by atomic mass is 9.99. The normalized spacial score (nSPS) is 19.6. The smallest absolute Gasteiger partial charge is 0.211 e. The molecule has 6 heteroatoms. The highest BCUT2D eigenvalue weighted by molar-refractivity contribution is 9.11. The average molecular weight is 423 g/mol. The second-order valence-corrected chi connectivity index (χ2v) is 9.27. The summed E-state index contributed by atoms with van der Waals surface area (Å²) in [6.07, 6.45) is 5.07. The number of hydrogen-bond donors (Lipinski definition) is 1. The third kappa shape index (κ3) is 3.46. The predicted octanol–water partition coefficient (Wildman–Crippen LogP) is 3.93. The number of nitrogens with one attached hydrogen (secondary N) is 1. The lowest BCUT2D eigenvalue weighted by molar-refractivity contribution is 0.401. The Morgan fingerprint density at radius 3 is 2.30 bits per heavy atom. The molecule has 0 spiro atoms. The van der Waals surface area contributed by atoms with Gasteiger partial charge in [-0.1, -0.05) is 15.9 Å². The molecule has 0 atom stereocenters. The zero-order chi connectivity index (χ0) is 14.3. The van der Waals surface area contributed by atoms with E-state index in [1.807, 2.05) is 6.07 Å². The quantitative estimate of drug-likeness (QED) is 0.754. The molecule has 0 heterocycles. The molecule has 0 unspecified atom stereocenters. The van der Waals surface area contributed by atoms with Crippen LogP contribution in [0.2, 0.25) is 0 Å². The van der Waals surface area contributed by atoms with Crippen LogP contribution >= 0.6 is 31.9 Å². The Labute approximate surface area is 136 Å². The number of halogens is 2. The van der Waals surface area contributed by atoms with Gasteiger partial charge in [-0.25, -0.2) is 13.1 Å². The molecule has 0 saturated heterocycles. The van der Waals surface area contributed by atoms with Crippen molar-refractivity contribution in [3.05, 3.63) is 27.1 Å². The molecule has 1 aromatic carbocycles. The molecule has 0 amide bonds. The number of sulfonamides is 1. The van der Waals surface area contributed by atoms with E-state index >= 15 is 0 Å². The largest absolute Gasteiger partial charge is 0.241 e. The second kappa shape index (κ2) is 5.71. The van der Waals surface area contributed by atoms with Crippen molar-refractivity contribution in [1.29, 1.82) is 0 Å². The Bertz CT molecular complexity index is 598. The van der Waals surface area contributed by atoms with Crippen LogP contribution in [0.4, 0.5) is 0 Å². The summed E-state index contributed by atoms with van der Waals surface area (Å²) in [7, 11) is -3.45. The van der Waals surface area contributed by atoms with E-state index in [0.717, 1.165) is 16.3 Å². The number of benzene rings is 1. The van der Waals surface area contributed by atoms with Gasteiger partial charge in [0.05, 0.1) is 4.90 Å². The molecule has 0 aromatic heterocycles. The van der Waals surface area contributed by atoms with Gasteiger partial charge in [0, 0.05) is 15.5 Å². The van der Waals surface area contributed by atoms with E-state index in [0.29, 0.717) is 21.8 Å². The molecule has 1 N–H and O–H groups in total. The van der Waals surface area contributed by atoms with Gasteiger partial charge < -0.3 is 0 Å². The first kappa shape index (κ1) is 15.0. The van der Waals surface area contributed by atoms with E-state index in [9.17, 15) is 8.42 Å². The maximum atomic E-state index is 12.4. The minimum Gasteiger partial charge on any atom is -0.211 e. The van der Waals surface area contributed by atoms with Gasteiger partial charge in [-0.05, 0) is 77.6 Å². The summed E-state index contributed by atoms with van der Waals surface area (Å²) < 4.78 is 29.0. The zero-order valence-electron chi connectivity index (χ0n) is 11.0. The zero-order valence-corrected chi connectivity index (χ0v) is 15.0. The molecule has 2 fully saturated rings. The molecular formula is C14H17Br2NO2S. The van der Waals surface area contributed by atoms with Crippen molar-refractivity contribution >= 4 is 41.9 Å². The predicted molar refractivity (Wildman–Crippen MR) is 86.0 cm³/mol. The van der Waals surface area contributed by atoms with Crippen LogP contribution in [0.3, 0.4) is 0 Å². The van der Waals surface area contributed by atoms with Gasteiger partial charge >= 0.3 is 0 Å². The minimum atomic E-state index is -3.45. The first-order chi connectivity index (χ1) is 9.47.